The summed E-state index contributed by atoms with van der Waals surface area (Å²) in [6.45, 7) is 1.40. The van der Waals surface area contributed by atoms with Gasteiger partial charge < -0.3 is 16.0 Å². The number of carbonyl (C=O) groups is 1. The van der Waals surface area contributed by atoms with E-state index in [0.29, 0.717) is 6.54 Å². The molecule has 3 N–H and O–H groups in total. The van der Waals surface area contributed by atoms with Gasteiger partial charge in [0.1, 0.15) is 0 Å². The molecule has 0 aliphatic carbocycles. The zero-order valence-corrected chi connectivity index (χ0v) is 11.5. The topological polar surface area (TPSA) is 53.2 Å². The molecule has 1 aromatic rings. The Hall–Kier alpha value is -1.49. The molecule has 1 aliphatic heterocycles. The van der Waals surface area contributed by atoms with Gasteiger partial charge in [-0.1, -0.05) is 40.2 Å². The normalized spacial score (nSPS) is 17.9. The number of carbonyl (C=O) groups excluding carboxylic acids is 1. The van der Waals surface area contributed by atoms with Crippen LogP contribution in [0.1, 0.15) is 18.0 Å². The zero-order chi connectivity index (χ0) is 12.8. The molecule has 0 unspecified atom stereocenters. The van der Waals surface area contributed by atoms with Gasteiger partial charge in [0.05, 0.1) is 6.04 Å². The number of fused-ring (bicyclic) bond motifs is 1. The Labute approximate surface area is 115 Å². The van der Waals surface area contributed by atoms with E-state index >= 15 is 0 Å². The molecule has 96 valence electrons. The van der Waals surface area contributed by atoms with Crippen LogP contribution in [0, 0.1) is 0 Å². The molecule has 1 heterocycles. The van der Waals surface area contributed by atoms with Gasteiger partial charge in [0.15, 0.2) is 0 Å². The highest BCUT2D eigenvalue weighted by atomic mass is 79.9. The van der Waals surface area contributed by atoms with Crippen LogP contribution >= 0.6 is 15.9 Å². The number of nitrogens with one attached hydrogen (secondary N) is 3. The highest BCUT2D eigenvalue weighted by Gasteiger charge is 2.20. The van der Waals surface area contributed by atoms with Crippen LogP contribution in [0.2, 0.25) is 0 Å². The van der Waals surface area contributed by atoms with Crippen molar-refractivity contribution >= 4 is 27.6 Å². The molecule has 1 atom stereocenters. The minimum Gasteiger partial charge on any atom is -0.385 e. The van der Waals surface area contributed by atoms with E-state index < -0.39 is 0 Å². The second kappa shape index (κ2) is 6.44. The maximum atomic E-state index is 11.7. The standard InChI is InChI=1S/C13H16BrN3O/c14-7-3-8-16-13(18)17-12-6-9-15-11-5-2-1-4-10(11)12/h1-5,7,12,15H,6,8-9H2,(H2,16,17,18)/b7-3-/t12-/m0/s1. The summed E-state index contributed by atoms with van der Waals surface area (Å²) in [6, 6.07) is 8.01. The van der Waals surface area contributed by atoms with E-state index in [0.717, 1.165) is 24.2 Å². The molecular weight excluding hydrogens is 294 g/mol. The molecule has 1 aromatic carbocycles. The first kappa shape index (κ1) is 13.0. The average molecular weight is 310 g/mol. The predicted octanol–water partition coefficient (Wildman–Crippen LogP) is 2.75. The maximum absolute atomic E-state index is 11.7. The second-order valence-electron chi connectivity index (χ2n) is 4.07. The summed E-state index contributed by atoms with van der Waals surface area (Å²) < 4.78 is 0. The molecule has 1 aliphatic rings. The molecule has 2 rings (SSSR count). The third-order valence-electron chi connectivity index (χ3n) is 2.86. The number of anilines is 1. The van der Waals surface area contributed by atoms with Crippen molar-refractivity contribution in [2.45, 2.75) is 12.5 Å². The number of halogens is 1. The van der Waals surface area contributed by atoms with Crippen LogP contribution in [0.3, 0.4) is 0 Å². The summed E-state index contributed by atoms with van der Waals surface area (Å²) in [4.78, 5) is 13.4. The number of hydrogen-bond donors (Lipinski definition) is 3. The van der Waals surface area contributed by atoms with E-state index in [1.165, 1.54) is 0 Å². The first-order valence-corrected chi connectivity index (χ1v) is 6.85. The van der Waals surface area contributed by atoms with Crippen molar-refractivity contribution in [2.24, 2.45) is 0 Å². The fourth-order valence-electron chi connectivity index (χ4n) is 2.02. The van der Waals surface area contributed by atoms with Crippen molar-refractivity contribution in [2.75, 3.05) is 18.4 Å². The lowest BCUT2D eigenvalue weighted by Gasteiger charge is -2.27. The zero-order valence-electron chi connectivity index (χ0n) is 9.95. The molecule has 5 heteroatoms. The molecular formula is C13H16BrN3O. The van der Waals surface area contributed by atoms with Crippen LogP contribution in [-0.4, -0.2) is 19.1 Å². The molecule has 0 bridgehead atoms. The van der Waals surface area contributed by atoms with Gasteiger partial charge in [0, 0.05) is 18.8 Å². The Morgan fingerprint density at radius 3 is 3.17 bits per heavy atom. The highest BCUT2D eigenvalue weighted by Crippen LogP contribution is 2.28. The number of para-hydroxylation sites is 1. The van der Waals surface area contributed by atoms with Crippen LogP contribution in [-0.2, 0) is 0 Å². The molecule has 0 saturated heterocycles. The predicted molar refractivity (Wildman–Crippen MR) is 76.9 cm³/mol. The second-order valence-corrected chi connectivity index (χ2v) is 4.60. The summed E-state index contributed by atoms with van der Waals surface area (Å²) >= 11 is 3.16. The van der Waals surface area contributed by atoms with Crippen LogP contribution < -0.4 is 16.0 Å². The Morgan fingerprint density at radius 1 is 1.50 bits per heavy atom. The van der Waals surface area contributed by atoms with Gasteiger partial charge in [0.2, 0.25) is 0 Å². The van der Waals surface area contributed by atoms with Gasteiger partial charge >= 0.3 is 6.03 Å². The Bertz CT molecular complexity index is 448. The molecule has 4 nitrogen and oxygen atoms in total. The van der Waals surface area contributed by atoms with Crippen molar-refractivity contribution in [3.8, 4) is 0 Å². The van der Waals surface area contributed by atoms with Crippen LogP contribution in [0.25, 0.3) is 0 Å². The molecule has 0 radical (unpaired) electrons. The van der Waals surface area contributed by atoms with Gasteiger partial charge in [-0.3, -0.25) is 0 Å². The molecule has 0 spiro atoms. The van der Waals surface area contributed by atoms with E-state index in [-0.39, 0.29) is 12.1 Å². The molecule has 18 heavy (non-hydrogen) atoms. The van der Waals surface area contributed by atoms with Crippen molar-refractivity contribution in [1.29, 1.82) is 0 Å². The largest absolute Gasteiger partial charge is 0.385 e. The Balaban J connectivity index is 1.96. The lowest BCUT2D eigenvalue weighted by molar-refractivity contribution is 0.237. The maximum Gasteiger partial charge on any atom is 0.315 e. The molecule has 0 aromatic heterocycles. The van der Waals surface area contributed by atoms with Gasteiger partial charge in [0.25, 0.3) is 0 Å². The van der Waals surface area contributed by atoms with E-state index in [2.05, 4.69) is 31.9 Å². The van der Waals surface area contributed by atoms with Crippen LogP contribution in [0.5, 0.6) is 0 Å². The quantitative estimate of drug-likeness (QED) is 0.804. The van der Waals surface area contributed by atoms with Gasteiger partial charge in [-0.05, 0) is 23.0 Å². The van der Waals surface area contributed by atoms with E-state index in [4.69, 9.17) is 0 Å². The number of urea groups is 1. The number of hydrogen-bond acceptors (Lipinski definition) is 2. The summed E-state index contributed by atoms with van der Waals surface area (Å²) in [5.41, 5.74) is 2.25. The summed E-state index contributed by atoms with van der Waals surface area (Å²) in [5.74, 6) is 0. The highest BCUT2D eigenvalue weighted by molar-refractivity contribution is 9.11. The minimum absolute atomic E-state index is 0.0791. The summed E-state index contributed by atoms with van der Waals surface area (Å²) in [5, 5.41) is 9.10. The van der Waals surface area contributed by atoms with Crippen molar-refractivity contribution in [3.63, 3.8) is 0 Å². The van der Waals surface area contributed by atoms with Crippen LogP contribution in [0.4, 0.5) is 10.5 Å². The number of rotatable bonds is 3. The summed E-state index contributed by atoms with van der Waals surface area (Å²) in [7, 11) is 0. The van der Waals surface area contributed by atoms with Gasteiger partial charge in [-0.2, -0.15) is 0 Å². The first-order chi connectivity index (χ1) is 8.81. The van der Waals surface area contributed by atoms with E-state index in [1.54, 1.807) is 4.99 Å². The van der Waals surface area contributed by atoms with Gasteiger partial charge in [-0.15, -0.1) is 0 Å². The fourth-order valence-corrected chi connectivity index (χ4v) is 2.21. The summed E-state index contributed by atoms with van der Waals surface area (Å²) in [6.07, 6.45) is 2.73. The third kappa shape index (κ3) is 3.26. The molecule has 0 saturated carbocycles. The van der Waals surface area contributed by atoms with Crippen molar-refractivity contribution < 1.29 is 4.79 Å². The number of amides is 2. The SMILES string of the molecule is O=C(NC/C=C\Br)N[C@H]1CCNc2ccccc21. The third-order valence-corrected chi connectivity index (χ3v) is 3.23. The fraction of sp³-hybridized carbons (Fsp3) is 0.308. The lowest BCUT2D eigenvalue weighted by atomic mass is 9.98. The average Bonchev–Trinajstić information content (AvgIpc) is 2.39. The van der Waals surface area contributed by atoms with Gasteiger partial charge in [-0.25, -0.2) is 4.79 Å². The van der Waals surface area contributed by atoms with Crippen molar-refractivity contribution in [3.05, 3.63) is 40.9 Å². The first-order valence-electron chi connectivity index (χ1n) is 5.93. The molecule has 2 amide bonds. The van der Waals surface area contributed by atoms with Crippen molar-refractivity contribution in [1.82, 2.24) is 10.6 Å². The smallest absolute Gasteiger partial charge is 0.315 e. The van der Waals surface area contributed by atoms with E-state index in [9.17, 15) is 4.79 Å². The van der Waals surface area contributed by atoms with Crippen LogP contribution in [0.15, 0.2) is 35.3 Å². The van der Waals surface area contributed by atoms with E-state index in [1.807, 2.05) is 30.3 Å². The lowest BCUT2D eigenvalue weighted by Crippen LogP contribution is -2.39. The molecule has 0 fully saturated rings. The Kier molecular flexibility index (Phi) is 4.64. The monoisotopic (exact) mass is 309 g/mol. The Morgan fingerprint density at radius 2 is 2.33 bits per heavy atom. The number of benzene rings is 1. The minimum atomic E-state index is -0.137.